The maximum absolute atomic E-state index is 11.8. The quantitative estimate of drug-likeness (QED) is 0.213. The van der Waals surface area contributed by atoms with Gasteiger partial charge in [0.15, 0.2) is 5.67 Å². The Balaban J connectivity index is 5.40. The Morgan fingerprint density at radius 3 is 1.90 bits per heavy atom. The number of ether oxygens (including phenoxy) is 1. The van der Waals surface area contributed by atoms with Crippen molar-refractivity contribution in [1.29, 1.82) is 0 Å². The van der Waals surface area contributed by atoms with Crippen molar-refractivity contribution < 1.29 is 27.3 Å². The first-order valence-electron chi connectivity index (χ1n) is 6.98. The summed E-state index contributed by atoms with van der Waals surface area (Å²) in [6.45, 7) is 9.12. The Morgan fingerprint density at radius 1 is 1.19 bits per heavy atom. The summed E-state index contributed by atoms with van der Waals surface area (Å²) in [5, 5.41) is 0. The van der Waals surface area contributed by atoms with Gasteiger partial charge >= 0.3 is 14.8 Å². The fourth-order valence-corrected chi connectivity index (χ4v) is 5.27. The highest BCUT2D eigenvalue weighted by Crippen LogP contribution is 2.27. The van der Waals surface area contributed by atoms with Crippen molar-refractivity contribution in [2.45, 2.75) is 39.1 Å². The topological polar surface area (TPSA) is 54.0 Å². The van der Waals surface area contributed by atoms with Crippen LogP contribution in [0.15, 0.2) is 12.2 Å². The SMILES string of the molecule is C=C(C)C(=O)OC(C)[N+](C)(C)C(CC)[Si](OC)(OC)OC. The van der Waals surface area contributed by atoms with Crippen molar-refractivity contribution in [2.75, 3.05) is 35.4 Å². The summed E-state index contributed by atoms with van der Waals surface area (Å²) in [6.07, 6.45) is 0.385. The minimum Gasteiger partial charge on any atom is -0.409 e. The average molecular weight is 320 g/mol. The molecule has 0 amide bonds. The van der Waals surface area contributed by atoms with Crippen LogP contribution in [0, 0.1) is 0 Å². The van der Waals surface area contributed by atoms with E-state index in [1.807, 2.05) is 27.9 Å². The van der Waals surface area contributed by atoms with Crippen LogP contribution in [0.3, 0.4) is 0 Å². The van der Waals surface area contributed by atoms with Crippen LogP contribution in [-0.4, -0.2) is 66.6 Å². The lowest BCUT2D eigenvalue weighted by Gasteiger charge is -2.45. The third kappa shape index (κ3) is 4.37. The summed E-state index contributed by atoms with van der Waals surface area (Å²) < 4.78 is 22.7. The standard InChI is InChI=1S/C14H30NO5Si/c1-10-13(21(17-7,18-8)19-9)15(5,6)12(4)20-14(16)11(2)3/h12-13H,2,10H2,1,3-9H3/q+1. The number of carbonyl (C=O) groups excluding carboxylic acids is 1. The molecule has 0 spiro atoms. The van der Waals surface area contributed by atoms with Gasteiger partial charge < -0.3 is 18.0 Å². The van der Waals surface area contributed by atoms with Crippen LogP contribution in [0.1, 0.15) is 27.2 Å². The number of rotatable bonds is 9. The molecule has 0 bridgehead atoms. The van der Waals surface area contributed by atoms with Crippen molar-refractivity contribution in [2.24, 2.45) is 0 Å². The maximum atomic E-state index is 11.8. The van der Waals surface area contributed by atoms with E-state index in [0.717, 1.165) is 6.42 Å². The summed E-state index contributed by atoms with van der Waals surface area (Å²) in [5.74, 6) is -0.400. The molecule has 0 N–H and O–H groups in total. The molecular formula is C14H30NO5Si+. The van der Waals surface area contributed by atoms with E-state index >= 15 is 0 Å². The van der Waals surface area contributed by atoms with Crippen LogP contribution in [-0.2, 0) is 22.8 Å². The number of hydrogen-bond donors (Lipinski definition) is 0. The Kier molecular flexibility index (Phi) is 7.77. The minimum absolute atomic E-state index is 0.0644. The molecule has 0 aromatic heterocycles. The highest BCUT2D eigenvalue weighted by Gasteiger charge is 2.57. The highest BCUT2D eigenvalue weighted by molar-refractivity contribution is 6.62. The molecule has 0 aromatic rings. The molecular weight excluding hydrogens is 290 g/mol. The molecule has 0 saturated heterocycles. The van der Waals surface area contributed by atoms with Crippen LogP contribution < -0.4 is 0 Å². The lowest BCUT2D eigenvalue weighted by molar-refractivity contribution is -0.947. The normalized spacial score (nSPS) is 15.4. The molecule has 2 atom stereocenters. The summed E-state index contributed by atoms with van der Waals surface area (Å²) in [4.78, 5) is 11.8. The number of esters is 1. The molecule has 21 heavy (non-hydrogen) atoms. The molecule has 0 aromatic carbocycles. The maximum Gasteiger partial charge on any atom is 0.561 e. The van der Waals surface area contributed by atoms with E-state index in [0.29, 0.717) is 10.1 Å². The second-order valence-corrected chi connectivity index (χ2v) is 8.65. The zero-order valence-corrected chi connectivity index (χ0v) is 15.6. The van der Waals surface area contributed by atoms with E-state index in [2.05, 4.69) is 6.58 Å². The van der Waals surface area contributed by atoms with Crippen molar-refractivity contribution in [3.63, 3.8) is 0 Å². The number of hydrogen-bond acceptors (Lipinski definition) is 5. The van der Waals surface area contributed by atoms with Crippen LogP contribution in [0.25, 0.3) is 0 Å². The van der Waals surface area contributed by atoms with Crippen molar-refractivity contribution in [1.82, 2.24) is 0 Å². The molecule has 0 aliphatic rings. The predicted molar refractivity (Wildman–Crippen MR) is 83.3 cm³/mol. The fraction of sp³-hybridized carbons (Fsp3) is 0.786. The van der Waals surface area contributed by atoms with Crippen LogP contribution in [0.5, 0.6) is 0 Å². The molecule has 0 aliphatic heterocycles. The molecule has 0 radical (unpaired) electrons. The van der Waals surface area contributed by atoms with Gasteiger partial charge in [-0.1, -0.05) is 13.5 Å². The number of carbonyl (C=O) groups is 1. The van der Waals surface area contributed by atoms with Crippen molar-refractivity contribution >= 4 is 14.8 Å². The lowest BCUT2D eigenvalue weighted by atomic mass is 10.3. The molecule has 2 unspecified atom stereocenters. The molecule has 0 heterocycles. The fourth-order valence-electron chi connectivity index (χ4n) is 2.43. The second kappa shape index (κ2) is 8.05. The monoisotopic (exact) mass is 320 g/mol. The summed E-state index contributed by atoms with van der Waals surface area (Å²) in [5.41, 5.74) is 0.314. The van der Waals surface area contributed by atoms with E-state index in [9.17, 15) is 4.79 Å². The Hall–Kier alpha value is -0.733. The van der Waals surface area contributed by atoms with Gasteiger partial charge in [0.05, 0.1) is 14.1 Å². The van der Waals surface area contributed by atoms with Gasteiger partial charge in [-0.3, -0.25) is 4.48 Å². The average Bonchev–Trinajstić information content (AvgIpc) is 2.44. The first-order chi connectivity index (χ1) is 9.62. The van der Waals surface area contributed by atoms with Gasteiger partial charge in [0.25, 0.3) is 0 Å². The Bertz CT molecular complexity index is 360. The predicted octanol–water partition coefficient (Wildman–Crippen LogP) is 1.72. The van der Waals surface area contributed by atoms with Crippen LogP contribution in [0.4, 0.5) is 0 Å². The third-order valence-electron chi connectivity index (χ3n) is 4.01. The van der Waals surface area contributed by atoms with E-state index in [1.54, 1.807) is 28.3 Å². The summed E-state index contributed by atoms with van der Waals surface area (Å²) in [6, 6.07) is 0. The van der Waals surface area contributed by atoms with Gasteiger partial charge in [-0.25, -0.2) is 4.79 Å². The summed E-state index contributed by atoms with van der Waals surface area (Å²) >= 11 is 0. The van der Waals surface area contributed by atoms with Crippen molar-refractivity contribution in [3.05, 3.63) is 12.2 Å². The van der Waals surface area contributed by atoms with E-state index in [4.69, 9.17) is 18.0 Å². The van der Waals surface area contributed by atoms with Gasteiger partial charge in [0.2, 0.25) is 6.23 Å². The Morgan fingerprint density at radius 2 is 1.62 bits per heavy atom. The molecule has 0 saturated carbocycles. The van der Waals surface area contributed by atoms with E-state index in [-0.39, 0.29) is 11.9 Å². The van der Waals surface area contributed by atoms with Crippen LogP contribution >= 0.6 is 0 Å². The largest absolute Gasteiger partial charge is 0.561 e. The molecule has 0 fully saturated rings. The molecule has 6 nitrogen and oxygen atoms in total. The third-order valence-corrected chi connectivity index (χ3v) is 7.61. The molecule has 0 rings (SSSR count). The number of nitrogens with zero attached hydrogens (tertiary/aromatic N) is 1. The highest BCUT2D eigenvalue weighted by atomic mass is 28.4. The second-order valence-electron chi connectivity index (χ2n) is 5.55. The lowest BCUT2D eigenvalue weighted by Crippen LogP contribution is -2.69. The first-order valence-corrected chi connectivity index (χ1v) is 8.78. The minimum atomic E-state index is -2.86. The zero-order valence-electron chi connectivity index (χ0n) is 14.6. The molecule has 7 heteroatoms. The molecule has 124 valence electrons. The van der Waals surface area contributed by atoms with Gasteiger partial charge in [-0.2, -0.15) is 0 Å². The smallest absolute Gasteiger partial charge is 0.409 e. The van der Waals surface area contributed by atoms with Crippen molar-refractivity contribution in [3.8, 4) is 0 Å². The number of quaternary nitrogens is 1. The van der Waals surface area contributed by atoms with E-state index in [1.165, 1.54) is 0 Å². The zero-order chi connectivity index (χ0) is 16.8. The van der Waals surface area contributed by atoms with Gasteiger partial charge in [-0.15, -0.1) is 0 Å². The van der Waals surface area contributed by atoms with Gasteiger partial charge in [0, 0.05) is 40.2 Å². The summed E-state index contributed by atoms with van der Waals surface area (Å²) in [7, 11) is 5.86. The Labute approximate surface area is 129 Å². The van der Waals surface area contributed by atoms with Gasteiger partial charge in [0.1, 0.15) is 0 Å². The van der Waals surface area contributed by atoms with Crippen LogP contribution in [0.2, 0.25) is 0 Å². The first kappa shape index (κ1) is 20.3. The molecule has 0 aliphatic carbocycles. The van der Waals surface area contributed by atoms with E-state index < -0.39 is 14.8 Å². The van der Waals surface area contributed by atoms with Gasteiger partial charge in [-0.05, 0) is 6.92 Å².